The third-order valence-electron chi connectivity index (χ3n) is 8.57. The molecule has 2 saturated heterocycles. The highest BCUT2D eigenvalue weighted by Crippen LogP contribution is 2.38. The number of carbonyl (C=O) groups excluding carboxylic acids is 2. The number of hydrogen-bond donors (Lipinski definition) is 3. The van der Waals surface area contributed by atoms with Gasteiger partial charge in [-0.3, -0.25) is 19.6 Å². The molecule has 0 radical (unpaired) electrons. The number of carbonyl (C=O) groups is 2. The molecule has 45 heavy (non-hydrogen) atoms. The fourth-order valence-corrected chi connectivity index (χ4v) is 7.91. The van der Waals surface area contributed by atoms with Crippen LogP contribution in [0, 0.1) is 11.6 Å². The third-order valence-corrected chi connectivity index (χ3v) is 10.3. The Hall–Kier alpha value is -3.72. The molecule has 1 atom stereocenters. The zero-order valence-electron chi connectivity index (χ0n) is 25.2. The van der Waals surface area contributed by atoms with E-state index in [0.29, 0.717) is 42.6 Å². The lowest BCUT2D eigenvalue weighted by Gasteiger charge is -2.36. The van der Waals surface area contributed by atoms with Crippen molar-refractivity contribution in [3.8, 4) is 0 Å². The molecule has 4 heterocycles. The van der Waals surface area contributed by atoms with E-state index in [2.05, 4.69) is 25.7 Å². The highest BCUT2D eigenvalue weighted by atomic mass is 32.2. The Labute approximate surface area is 260 Å². The van der Waals surface area contributed by atoms with Crippen molar-refractivity contribution in [1.29, 1.82) is 0 Å². The zero-order chi connectivity index (χ0) is 31.9. The van der Waals surface area contributed by atoms with Crippen LogP contribution >= 0.6 is 0 Å². The molecule has 1 aromatic heterocycles. The van der Waals surface area contributed by atoms with Gasteiger partial charge in [-0.2, -0.15) is 9.40 Å². The number of rotatable bonds is 8. The van der Waals surface area contributed by atoms with Crippen molar-refractivity contribution in [3.05, 3.63) is 70.4 Å². The second-order valence-corrected chi connectivity index (χ2v) is 14.4. The van der Waals surface area contributed by atoms with Crippen LogP contribution in [-0.2, 0) is 38.1 Å². The number of aromatic nitrogens is 2. The smallest absolute Gasteiger partial charge is 0.258 e. The van der Waals surface area contributed by atoms with Crippen LogP contribution in [0.2, 0.25) is 0 Å². The summed E-state index contributed by atoms with van der Waals surface area (Å²) in [5.41, 5.74) is 1.77. The van der Waals surface area contributed by atoms with Crippen molar-refractivity contribution in [3.63, 3.8) is 0 Å². The number of hydrogen-bond acceptors (Lipinski definition) is 7. The largest absolute Gasteiger partial charge is 0.368 e. The van der Waals surface area contributed by atoms with Gasteiger partial charge in [-0.05, 0) is 68.6 Å². The molecule has 2 aromatic carbocycles. The number of halogens is 2. The van der Waals surface area contributed by atoms with Crippen molar-refractivity contribution in [1.82, 2.24) is 19.4 Å². The van der Waals surface area contributed by atoms with E-state index in [1.807, 2.05) is 6.07 Å². The Morgan fingerprint density at radius 1 is 1.07 bits per heavy atom. The molecule has 2 amide bonds. The fourth-order valence-electron chi connectivity index (χ4n) is 6.29. The number of nitrogens with one attached hydrogen (secondary N) is 3. The average molecular weight is 643 g/mol. The molecule has 240 valence electrons. The van der Waals surface area contributed by atoms with Gasteiger partial charge in [0, 0.05) is 49.0 Å². The number of sulfonamides is 1. The summed E-state index contributed by atoms with van der Waals surface area (Å²) in [4.78, 5) is 28.6. The van der Waals surface area contributed by atoms with Gasteiger partial charge in [0.05, 0.1) is 16.1 Å². The Kier molecular flexibility index (Phi) is 8.50. The summed E-state index contributed by atoms with van der Waals surface area (Å²) in [5.74, 6) is -2.77. The lowest BCUT2D eigenvalue weighted by atomic mass is 9.84. The number of ether oxygens (including phenoxy) is 1. The first-order valence-electron chi connectivity index (χ1n) is 15.0. The minimum Gasteiger partial charge on any atom is -0.368 e. The van der Waals surface area contributed by atoms with Crippen LogP contribution in [0.3, 0.4) is 0 Å². The van der Waals surface area contributed by atoms with Crippen molar-refractivity contribution in [2.24, 2.45) is 0 Å². The highest BCUT2D eigenvalue weighted by molar-refractivity contribution is 7.89. The molecule has 0 unspecified atom stereocenters. The lowest BCUT2D eigenvalue weighted by molar-refractivity contribution is -0.124. The summed E-state index contributed by atoms with van der Waals surface area (Å²) in [5, 5.41) is 12.9. The van der Waals surface area contributed by atoms with Crippen LogP contribution < -0.4 is 10.6 Å². The highest BCUT2D eigenvalue weighted by Gasteiger charge is 2.41. The second kappa shape index (κ2) is 12.2. The number of aromatic amines is 1. The van der Waals surface area contributed by atoms with Gasteiger partial charge in [0.2, 0.25) is 10.0 Å². The molecule has 0 spiro atoms. The summed E-state index contributed by atoms with van der Waals surface area (Å²) in [6, 6.07) is 7.47. The molecular formula is C31H36F2N6O5S. The van der Waals surface area contributed by atoms with Gasteiger partial charge < -0.3 is 15.4 Å². The maximum absolute atomic E-state index is 13.9. The Balaban J connectivity index is 1.28. The molecule has 0 aliphatic carbocycles. The SMILES string of the molecule is CC1(C)CN(S(=O)(=O)c2cc(F)cc(F)c2)Cc2c(NC(=O)c3ccc(CN4CCCC4)cc3NC(=O)[C@H]3CCCO3)n[nH]c21. The monoisotopic (exact) mass is 642 g/mol. The average Bonchev–Trinajstić information content (AvgIpc) is 3.76. The van der Waals surface area contributed by atoms with E-state index in [4.69, 9.17) is 4.74 Å². The van der Waals surface area contributed by atoms with Crippen LogP contribution in [0.1, 0.15) is 66.7 Å². The van der Waals surface area contributed by atoms with Gasteiger partial charge in [-0.1, -0.05) is 19.9 Å². The lowest BCUT2D eigenvalue weighted by Crippen LogP contribution is -2.45. The fraction of sp³-hybridized carbons (Fsp3) is 0.452. The Morgan fingerprint density at radius 3 is 2.49 bits per heavy atom. The topological polar surface area (TPSA) is 137 Å². The van der Waals surface area contributed by atoms with Gasteiger partial charge in [0.15, 0.2) is 5.82 Å². The molecule has 14 heteroatoms. The molecule has 2 fully saturated rings. The molecule has 3 aliphatic heterocycles. The van der Waals surface area contributed by atoms with E-state index in [1.54, 1.807) is 26.0 Å². The van der Waals surface area contributed by atoms with Crippen molar-refractivity contribution >= 4 is 33.3 Å². The van der Waals surface area contributed by atoms with E-state index < -0.39 is 44.0 Å². The van der Waals surface area contributed by atoms with Crippen LogP contribution in [0.5, 0.6) is 0 Å². The quantitative estimate of drug-likeness (QED) is 0.336. The Morgan fingerprint density at radius 2 is 1.80 bits per heavy atom. The Bertz CT molecular complexity index is 1710. The predicted molar refractivity (Wildman–Crippen MR) is 162 cm³/mol. The first-order chi connectivity index (χ1) is 21.4. The summed E-state index contributed by atoms with van der Waals surface area (Å²) in [6.07, 6.45) is 3.04. The predicted octanol–water partition coefficient (Wildman–Crippen LogP) is 4.14. The summed E-state index contributed by atoms with van der Waals surface area (Å²) >= 11 is 0. The van der Waals surface area contributed by atoms with E-state index in [-0.39, 0.29) is 30.4 Å². The minimum absolute atomic E-state index is 0.00788. The standard InChI is InChI=1S/C31H36F2N6O5S/c1-31(2)18-39(45(42,43)22-14-20(32)13-21(33)15-22)17-24-27(31)36-37-28(24)35-29(40)23-8-7-19(16-38-9-3-4-10-38)12-25(23)34-30(41)26-6-5-11-44-26/h7-8,12-15,26H,3-6,9-11,16-18H2,1-2H3,(H,34,41)(H2,35,36,37,40)/t26-/m1/s1. The van der Waals surface area contributed by atoms with Crippen molar-refractivity contribution < 1.29 is 31.5 Å². The van der Waals surface area contributed by atoms with Crippen molar-refractivity contribution in [2.45, 2.75) is 69.0 Å². The maximum Gasteiger partial charge on any atom is 0.258 e. The molecule has 6 rings (SSSR count). The molecule has 0 saturated carbocycles. The van der Waals surface area contributed by atoms with Gasteiger partial charge >= 0.3 is 0 Å². The van der Waals surface area contributed by atoms with Gasteiger partial charge in [0.25, 0.3) is 11.8 Å². The number of fused-ring (bicyclic) bond motifs is 1. The van der Waals surface area contributed by atoms with E-state index >= 15 is 0 Å². The first kappa shape index (κ1) is 31.3. The molecular weight excluding hydrogens is 606 g/mol. The molecule has 3 aliphatic rings. The van der Waals surface area contributed by atoms with E-state index in [1.165, 1.54) is 0 Å². The number of anilines is 2. The van der Waals surface area contributed by atoms with Crippen molar-refractivity contribution in [2.75, 3.05) is 36.9 Å². The van der Waals surface area contributed by atoms with E-state index in [0.717, 1.165) is 54.4 Å². The minimum atomic E-state index is -4.30. The second-order valence-electron chi connectivity index (χ2n) is 12.5. The number of amides is 2. The maximum atomic E-state index is 13.9. The zero-order valence-corrected chi connectivity index (χ0v) is 26.0. The van der Waals surface area contributed by atoms with Crippen LogP contribution in [0.25, 0.3) is 0 Å². The number of nitrogens with zero attached hydrogens (tertiary/aromatic N) is 3. The summed E-state index contributed by atoms with van der Waals surface area (Å²) in [6.45, 7) is 6.59. The normalized spacial score (nSPS) is 20.2. The summed E-state index contributed by atoms with van der Waals surface area (Å²) < 4.78 is 61.5. The van der Waals surface area contributed by atoms with Gasteiger partial charge in [-0.25, -0.2) is 17.2 Å². The number of benzene rings is 2. The first-order valence-corrected chi connectivity index (χ1v) is 16.5. The van der Waals surface area contributed by atoms with Gasteiger partial charge in [-0.15, -0.1) is 0 Å². The van der Waals surface area contributed by atoms with Crippen LogP contribution in [-0.4, -0.2) is 72.0 Å². The molecule has 11 nitrogen and oxygen atoms in total. The molecule has 3 N–H and O–H groups in total. The number of likely N-dealkylation sites (tertiary alicyclic amines) is 1. The van der Waals surface area contributed by atoms with E-state index in [9.17, 15) is 26.8 Å². The third kappa shape index (κ3) is 6.50. The summed E-state index contributed by atoms with van der Waals surface area (Å²) in [7, 11) is -4.30. The van der Waals surface area contributed by atoms with Crippen LogP contribution in [0.4, 0.5) is 20.3 Å². The van der Waals surface area contributed by atoms with Crippen LogP contribution in [0.15, 0.2) is 41.3 Å². The molecule has 0 bridgehead atoms. The van der Waals surface area contributed by atoms with Gasteiger partial charge in [0.1, 0.15) is 17.7 Å². The number of H-pyrrole nitrogens is 1. The molecule has 3 aromatic rings.